The Bertz CT molecular complexity index is 818. The van der Waals surface area contributed by atoms with Gasteiger partial charge in [-0.1, -0.05) is 6.92 Å². The topological polar surface area (TPSA) is 135 Å². The van der Waals surface area contributed by atoms with Crippen molar-refractivity contribution >= 4 is 27.4 Å². The Morgan fingerprint density at radius 2 is 1.92 bits per heavy atom. The fourth-order valence-corrected chi connectivity index (χ4v) is 3.34. The van der Waals surface area contributed by atoms with Crippen LogP contribution >= 0.6 is 0 Å². The van der Waals surface area contributed by atoms with Crippen LogP contribution in [0, 0.1) is 22.0 Å². The number of carboxylic acids is 1. The van der Waals surface area contributed by atoms with Crippen LogP contribution in [0.15, 0.2) is 23.1 Å². The number of non-ortho nitro benzene ring substituents is 1. The molecule has 2 atom stereocenters. The maximum absolute atomic E-state index is 12.5. The monoisotopic (exact) mass is 356 g/mol. The minimum absolute atomic E-state index is 0.0216. The summed E-state index contributed by atoms with van der Waals surface area (Å²) in [5.74, 6) is -2.63. The van der Waals surface area contributed by atoms with E-state index in [1.807, 2.05) is 0 Å². The van der Waals surface area contributed by atoms with Crippen molar-refractivity contribution in [2.24, 2.45) is 11.8 Å². The molecule has 10 heteroatoms. The smallest absolute Gasteiger partial charge is 0.308 e. The summed E-state index contributed by atoms with van der Waals surface area (Å²) in [4.78, 5) is 34.8. The number of rotatable bonds is 4. The highest BCUT2D eigenvalue weighted by Crippen LogP contribution is 2.27. The van der Waals surface area contributed by atoms with Gasteiger partial charge in [-0.25, -0.2) is 8.42 Å². The van der Waals surface area contributed by atoms with Crippen molar-refractivity contribution in [3.8, 4) is 0 Å². The van der Waals surface area contributed by atoms with Crippen molar-refractivity contribution in [3.05, 3.63) is 33.9 Å². The number of amides is 1. The zero-order valence-electron chi connectivity index (χ0n) is 13.0. The first-order valence-electron chi connectivity index (χ1n) is 7.02. The van der Waals surface area contributed by atoms with Crippen LogP contribution in [-0.4, -0.2) is 54.6 Å². The van der Waals surface area contributed by atoms with E-state index in [1.54, 1.807) is 6.92 Å². The van der Waals surface area contributed by atoms with Gasteiger partial charge in [0.2, 0.25) is 0 Å². The lowest BCUT2D eigenvalue weighted by atomic mass is 9.99. The molecule has 0 aromatic heterocycles. The average molecular weight is 356 g/mol. The number of carboxylic acid groups (broad SMARTS) is 1. The van der Waals surface area contributed by atoms with Gasteiger partial charge in [0.15, 0.2) is 9.84 Å². The molecule has 1 N–H and O–H groups in total. The molecule has 1 aliphatic rings. The number of benzene rings is 1. The first-order chi connectivity index (χ1) is 11.0. The molecule has 1 amide bonds. The Morgan fingerprint density at radius 3 is 2.38 bits per heavy atom. The van der Waals surface area contributed by atoms with Gasteiger partial charge in [0.25, 0.3) is 11.6 Å². The molecular weight excluding hydrogens is 340 g/mol. The number of nitro benzene ring substituents is 1. The first-order valence-corrected chi connectivity index (χ1v) is 8.91. The predicted octanol–water partition coefficient (Wildman–Crippen LogP) is 0.791. The predicted molar refractivity (Wildman–Crippen MR) is 82.4 cm³/mol. The molecule has 0 spiro atoms. The molecule has 2 rings (SSSR count). The Kier molecular flexibility index (Phi) is 4.61. The molecule has 0 bridgehead atoms. The fraction of sp³-hybridized carbons (Fsp3) is 0.429. The maximum Gasteiger partial charge on any atom is 0.308 e. The highest BCUT2D eigenvalue weighted by Gasteiger charge is 2.37. The number of sulfone groups is 1. The van der Waals surface area contributed by atoms with E-state index in [0.717, 1.165) is 24.5 Å². The van der Waals surface area contributed by atoms with Crippen LogP contribution in [-0.2, 0) is 14.6 Å². The summed E-state index contributed by atoms with van der Waals surface area (Å²) in [6, 6.07) is 2.96. The molecule has 130 valence electrons. The molecule has 1 aromatic carbocycles. The average Bonchev–Trinajstić information content (AvgIpc) is 2.87. The zero-order valence-corrected chi connectivity index (χ0v) is 13.8. The normalized spacial score (nSPS) is 20.8. The van der Waals surface area contributed by atoms with Crippen LogP contribution < -0.4 is 0 Å². The first kappa shape index (κ1) is 17.9. The SMILES string of the molecule is C[C@@H]1CN(C(=O)c2cc([N+](=O)[O-])cc(S(C)(=O)=O)c2)C[C@H]1C(=O)O. The van der Waals surface area contributed by atoms with Gasteiger partial charge in [-0.05, 0) is 12.0 Å². The van der Waals surface area contributed by atoms with Crippen molar-refractivity contribution in [2.45, 2.75) is 11.8 Å². The van der Waals surface area contributed by atoms with Crippen LogP contribution in [0.5, 0.6) is 0 Å². The van der Waals surface area contributed by atoms with E-state index in [4.69, 9.17) is 5.11 Å². The number of nitro groups is 1. The third kappa shape index (κ3) is 3.53. The van der Waals surface area contributed by atoms with Gasteiger partial charge in [-0.15, -0.1) is 0 Å². The second-order valence-corrected chi connectivity index (χ2v) is 7.89. The summed E-state index contributed by atoms with van der Waals surface area (Å²) in [6.45, 7) is 1.86. The Labute approximate surface area is 138 Å². The summed E-state index contributed by atoms with van der Waals surface area (Å²) >= 11 is 0. The number of nitrogens with zero attached hydrogens (tertiary/aromatic N) is 2. The third-order valence-corrected chi connectivity index (χ3v) is 5.09. The van der Waals surface area contributed by atoms with E-state index in [-0.39, 0.29) is 29.5 Å². The number of likely N-dealkylation sites (tertiary alicyclic amines) is 1. The molecule has 1 saturated heterocycles. The number of hydrogen-bond acceptors (Lipinski definition) is 6. The van der Waals surface area contributed by atoms with Crippen molar-refractivity contribution in [1.82, 2.24) is 4.90 Å². The van der Waals surface area contributed by atoms with E-state index >= 15 is 0 Å². The largest absolute Gasteiger partial charge is 0.481 e. The summed E-state index contributed by atoms with van der Waals surface area (Å²) in [7, 11) is -3.74. The van der Waals surface area contributed by atoms with Gasteiger partial charge < -0.3 is 10.0 Å². The summed E-state index contributed by atoms with van der Waals surface area (Å²) in [6.07, 6.45) is 0.888. The van der Waals surface area contributed by atoms with E-state index in [0.29, 0.717) is 0 Å². The highest BCUT2D eigenvalue weighted by atomic mass is 32.2. The summed E-state index contributed by atoms with van der Waals surface area (Å²) in [5.41, 5.74) is -0.661. The van der Waals surface area contributed by atoms with E-state index in [1.165, 1.54) is 4.90 Å². The van der Waals surface area contributed by atoms with Gasteiger partial charge in [0.05, 0.1) is 15.7 Å². The van der Waals surface area contributed by atoms with Gasteiger partial charge in [-0.2, -0.15) is 0 Å². The van der Waals surface area contributed by atoms with Crippen molar-refractivity contribution in [3.63, 3.8) is 0 Å². The number of carbonyl (C=O) groups excluding carboxylic acids is 1. The lowest BCUT2D eigenvalue weighted by Crippen LogP contribution is -2.30. The molecule has 1 heterocycles. The van der Waals surface area contributed by atoms with Crippen LogP contribution in [0.4, 0.5) is 5.69 Å². The minimum Gasteiger partial charge on any atom is -0.481 e. The van der Waals surface area contributed by atoms with Gasteiger partial charge >= 0.3 is 5.97 Å². The van der Waals surface area contributed by atoms with Crippen LogP contribution in [0.25, 0.3) is 0 Å². The molecule has 9 nitrogen and oxygen atoms in total. The quantitative estimate of drug-likeness (QED) is 0.622. The molecule has 0 radical (unpaired) electrons. The molecule has 1 aromatic rings. The lowest BCUT2D eigenvalue weighted by Gasteiger charge is -2.16. The number of hydrogen-bond donors (Lipinski definition) is 1. The third-order valence-electron chi connectivity index (χ3n) is 3.99. The van der Waals surface area contributed by atoms with Crippen LogP contribution in [0.3, 0.4) is 0 Å². The second kappa shape index (κ2) is 6.19. The van der Waals surface area contributed by atoms with Crippen LogP contribution in [0.2, 0.25) is 0 Å². The Balaban J connectivity index is 2.41. The Morgan fingerprint density at radius 1 is 1.29 bits per heavy atom. The highest BCUT2D eigenvalue weighted by molar-refractivity contribution is 7.90. The summed E-state index contributed by atoms with van der Waals surface area (Å²) in [5, 5.41) is 20.1. The second-order valence-electron chi connectivity index (χ2n) is 5.88. The maximum atomic E-state index is 12.5. The number of aliphatic carboxylic acids is 1. The molecule has 0 aliphatic carbocycles. The standard InChI is InChI=1S/C14H16N2O7S/c1-8-6-15(7-12(8)14(18)19)13(17)9-3-10(16(20)21)5-11(4-9)24(2,22)23/h3-5,8,12H,6-7H2,1-2H3,(H,18,19)/t8-,12-/m1/s1. The number of carbonyl (C=O) groups is 2. The molecule has 1 fully saturated rings. The van der Waals surface area contributed by atoms with Gasteiger partial charge in [-0.3, -0.25) is 19.7 Å². The van der Waals surface area contributed by atoms with Gasteiger partial charge in [0, 0.05) is 37.0 Å². The minimum atomic E-state index is -3.74. The Hall–Kier alpha value is -2.49. The zero-order chi connectivity index (χ0) is 18.2. The molecule has 1 aliphatic heterocycles. The van der Waals surface area contributed by atoms with Crippen LogP contribution in [0.1, 0.15) is 17.3 Å². The van der Waals surface area contributed by atoms with Crippen molar-refractivity contribution in [1.29, 1.82) is 0 Å². The molecule has 24 heavy (non-hydrogen) atoms. The summed E-state index contributed by atoms with van der Waals surface area (Å²) < 4.78 is 23.3. The van der Waals surface area contributed by atoms with Crippen molar-refractivity contribution in [2.75, 3.05) is 19.3 Å². The van der Waals surface area contributed by atoms with E-state index in [9.17, 15) is 28.1 Å². The van der Waals surface area contributed by atoms with E-state index in [2.05, 4.69) is 0 Å². The lowest BCUT2D eigenvalue weighted by molar-refractivity contribution is -0.385. The molecular formula is C14H16N2O7S. The van der Waals surface area contributed by atoms with Crippen molar-refractivity contribution < 1.29 is 28.0 Å². The fourth-order valence-electron chi connectivity index (χ4n) is 2.66. The van der Waals surface area contributed by atoms with E-state index < -0.39 is 38.2 Å². The van der Waals surface area contributed by atoms with Gasteiger partial charge in [0.1, 0.15) is 0 Å². The molecule has 0 saturated carbocycles. The molecule has 0 unspecified atom stereocenters.